The van der Waals surface area contributed by atoms with E-state index in [4.69, 9.17) is 9.05 Å². The van der Waals surface area contributed by atoms with E-state index in [9.17, 15) is 26.2 Å². The van der Waals surface area contributed by atoms with E-state index in [0.717, 1.165) is 25.5 Å². The average molecular weight is 623 g/mol. The fraction of sp³-hybridized carbons (Fsp3) is 0.435. The number of amides is 1. The Morgan fingerprint density at radius 1 is 0.872 bits per heavy atom. The number of benzene rings is 2. The summed E-state index contributed by atoms with van der Waals surface area (Å²) in [5.41, 5.74) is 0.601. The minimum Gasteiger partial charge on any atom is -0.415 e. The van der Waals surface area contributed by atoms with Crippen LogP contribution in [0.15, 0.2) is 48.5 Å². The van der Waals surface area contributed by atoms with Crippen LogP contribution in [0, 0.1) is 0 Å². The summed E-state index contributed by atoms with van der Waals surface area (Å²) >= 11 is 0. The van der Waals surface area contributed by atoms with Crippen LogP contribution >= 0.6 is 20.0 Å². The van der Waals surface area contributed by atoms with Crippen molar-refractivity contribution in [3.8, 4) is 11.5 Å². The first-order chi connectivity index (χ1) is 17.8. The second kappa shape index (κ2) is 12.3. The Bertz CT molecular complexity index is 1330. The number of hydrogen-bond donors (Lipinski definition) is 3. The Labute approximate surface area is 234 Å². The van der Waals surface area contributed by atoms with Gasteiger partial charge < -0.3 is 19.3 Å². The lowest BCUT2D eigenvalue weighted by molar-refractivity contribution is -0.132. The number of nitrogens with zero attached hydrogens (tertiary/aromatic N) is 1. The van der Waals surface area contributed by atoms with E-state index in [1.54, 1.807) is 4.90 Å². The van der Waals surface area contributed by atoms with E-state index in [1.165, 1.54) is 48.5 Å². The monoisotopic (exact) mass is 622 g/mol. The molecule has 0 bridgehead atoms. The Morgan fingerprint density at radius 3 is 1.77 bits per heavy atom. The van der Waals surface area contributed by atoms with Crippen molar-refractivity contribution < 1.29 is 35.2 Å². The number of hydrogen-bond acceptors (Lipinski definition) is 9. The second-order valence-corrected chi connectivity index (χ2v) is 14.9. The molecule has 2 atom stereocenters. The van der Waals surface area contributed by atoms with Crippen molar-refractivity contribution in [2.45, 2.75) is 37.5 Å². The lowest BCUT2D eigenvalue weighted by Gasteiger charge is -2.32. The highest BCUT2D eigenvalue weighted by atomic mass is 35.5. The van der Waals surface area contributed by atoms with Crippen molar-refractivity contribution >= 4 is 57.3 Å². The van der Waals surface area contributed by atoms with Crippen LogP contribution in [0.3, 0.4) is 0 Å². The van der Waals surface area contributed by atoms with Crippen molar-refractivity contribution in [3.05, 3.63) is 48.5 Å². The van der Waals surface area contributed by atoms with E-state index >= 15 is 0 Å². The van der Waals surface area contributed by atoms with Crippen LogP contribution in [-0.4, -0.2) is 65.1 Å². The summed E-state index contributed by atoms with van der Waals surface area (Å²) in [6.07, 6.45) is 4.65. The molecule has 3 N–H and O–H groups in total. The highest BCUT2D eigenvalue weighted by Gasteiger charge is 2.49. The van der Waals surface area contributed by atoms with Gasteiger partial charge in [0.2, 0.25) is 26.0 Å². The Hall–Kier alpha value is -2.51. The molecule has 2 aliphatic rings. The number of anilines is 2. The molecule has 0 aromatic heterocycles. The maximum Gasteiger partial charge on any atom is 0.453 e. The molecule has 2 saturated heterocycles. The first-order valence-electron chi connectivity index (χ1n) is 12.0. The topological polar surface area (TPSA) is 160 Å². The number of sulfonamides is 2. The molecule has 0 saturated carbocycles. The van der Waals surface area contributed by atoms with Gasteiger partial charge in [-0.15, -0.1) is 12.4 Å². The van der Waals surface area contributed by atoms with Gasteiger partial charge in [0, 0.05) is 17.9 Å². The molecule has 2 unspecified atom stereocenters. The lowest BCUT2D eigenvalue weighted by atomic mass is 10.2. The fourth-order valence-electron chi connectivity index (χ4n) is 4.46. The summed E-state index contributed by atoms with van der Waals surface area (Å²) in [5, 5.41) is 3.18. The predicted molar refractivity (Wildman–Crippen MR) is 152 cm³/mol. The second-order valence-electron chi connectivity index (χ2n) is 9.32. The van der Waals surface area contributed by atoms with Crippen LogP contribution in [-0.2, 0) is 29.4 Å². The van der Waals surface area contributed by atoms with Crippen molar-refractivity contribution in [3.63, 3.8) is 0 Å². The molecule has 1 amide bonds. The highest BCUT2D eigenvalue weighted by molar-refractivity contribution is 7.92. The van der Waals surface area contributed by atoms with Crippen LogP contribution in [0.1, 0.15) is 25.7 Å². The lowest BCUT2D eigenvalue weighted by Crippen LogP contribution is -2.46. The zero-order valence-electron chi connectivity index (χ0n) is 21.4. The number of likely N-dealkylation sites (tertiary alicyclic amines) is 1. The van der Waals surface area contributed by atoms with Crippen LogP contribution in [0.2, 0.25) is 0 Å². The van der Waals surface area contributed by atoms with Gasteiger partial charge in [-0.3, -0.25) is 14.2 Å². The third-order valence-corrected chi connectivity index (χ3v) is 9.42. The van der Waals surface area contributed by atoms with Gasteiger partial charge in [-0.05, 0) is 80.8 Å². The molecule has 2 aromatic rings. The molecule has 2 aliphatic heterocycles. The highest BCUT2D eigenvalue weighted by Crippen LogP contribution is 2.57. The summed E-state index contributed by atoms with van der Waals surface area (Å²) in [6.45, 7) is 1.15. The molecule has 0 spiro atoms. The van der Waals surface area contributed by atoms with Gasteiger partial charge in [0.15, 0.2) is 5.78 Å². The van der Waals surface area contributed by atoms with Crippen molar-refractivity contribution in [1.29, 1.82) is 0 Å². The van der Waals surface area contributed by atoms with Crippen molar-refractivity contribution in [2.75, 3.05) is 35.0 Å². The van der Waals surface area contributed by atoms with Crippen LogP contribution in [0.25, 0.3) is 0 Å². The molecule has 0 aliphatic carbocycles. The quantitative estimate of drug-likeness (QED) is 0.338. The number of rotatable bonds is 10. The number of carbonyl (C=O) groups excluding carboxylic acids is 1. The summed E-state index contributed by atoms with van der Waals surface area (Å²) < 4.78 is 77.1. The molecule has 2 fully saturated rings. The van der Waals surface area contributed by atoms with Gasteiger partial charge in [0.1, 0.15) is 11.5 Å². The first-order valence-corrected chi connectivity index (χ1v) is 17.4. The maximum absolute atomic E-state index is 14.4. The number of halogens is 1. The van der Waals surface area contributed by atoms with Gasteiger partial charge in [-0.1, -0.05) is 0 Å². The van der Waals surface area contributed by atoms with E-state index in [-0.39, 0.29) is 35.9 Å². The average Bonchev–Trinajstić information content (AvgIpc) is 3.52. The van der Waals surface area contributed by atoms with E-state index < -0.39 is 33.4 Å². The Morgan fingerprint density at radius 2 is 1.36 bits per heavy atom. The summed E-state index contributed by atoms with van der Waals surface area (Å²) in [7, 11) is -11.0. The number of nitrogens with one attached hydrogen (secondary N) is 3. The molecule has 4 rings (SSSR count). The van der Waals surface area contributed by atoms with Gasteiger partial charge in [-0.2, -0.15) is 0 Å². The normalized spacial score (nSPS) is 19.7. The zero-order chi connectivity index (χ0) is 27.6. The zero-order valence-corrected chi connectivity index (χ0v) is 24.7. The van der Waals surface area contributed by atoms with Crippen LogP contribution in [0.4, 0.5) is 11.4 Å². The molecule has 12 nitrogen and oxygen atoms in total. The van der Waals surface area contributed by atoms with E-state index in [0.29, 0.717) is 37.2 Å². The van der Waals surface area contributed by atoms with Gasteiger partial charge >= 0.3 is 7.60 Å². The minimum absolute atomic E-state index is 0. The summed E-state index contributed by atoms with van der Waals surface area (Å²) in [4.78, 5) is 14.8. The van der Waals surface area contributed by atoms with Gasteiger partial charge in [0.05, 0.1) is 18.6 Å². The van der Waals surface area contributed by atoms with Crippen LogP contribution < -0.4 is 23.8 Å². The Balaban J connectivity index is 0.00000420. The predicted octanol–water partition coefficient (Wildman–Crippen LogP) is 3.20. The third kappa shape index (κ3) is 8.49. The summed E-state index contributed by atoms with van der Waals surface area (Å²) in [5.74, 6) is -0.667. The molecule has 16 heteroatoms. The molecular formula is C23H32ClN4O8PS2. The van der Waals surface area contributed by atoms with Crippen LogP contribution in [0.5, 0.6) is 11.5 Å². The summed E-state index contributed by atoms with van der Waals surface area (Å²) in [6, 6.07) is 11.3. The van der Waals surface area contributed by atoms with E-state index in [2.05, 4.69) is 14.8 Å². The molecule has 0 radical (unpaired) electrons. The third-order valence-electron chi connectivity index (χ3n) is 6.01. The Kier molecular flexibility index (Phi) is 9.82. The first kappa shape index (κ1) is 31.0. The maximum atomic E-state index is 14.4. The van der Waals surface area contributed by atoms with Crippen molar-refractivity contribution in [1.82, 2.24) is 10.2 Å². The molecular weight excluding hydrogens is 591 g/mol. The standard InChI is InChI=1S/C23H31N4O8PS2.ClH/c1-37(30,31)25-17-7-11-19(12-8-17)34-36(29,35-20-13-9-18(10-14-20)26-38(2,32)33)22-6-4-16-27(22)23(28)21-5-3-15-24-21;/h7-14,21-22,24-26H,3-6,15-16H2,1-2H3;1H. The van der Waals surface area contributed by atoms with Crippen molar-refractivity contribution in [2.24, 2.45) is 0 Å². The molecule has 2 aromatic carbocycles. The molecule has 216 valence electrons. The van der Waals surface area contributed by atoms with Gasteiger partial charge in [-0.25, -0.2) is 21.4 Å². The number of carbonyl (C=O) groups is 1. The minimum atomic E-state index is -4.07. The molecule has 39 heavy (non-hydrogen) atoms. The SMILES string of the molecule is CS(=O)(=O)Nc1ccc(OP(=O)(Oc2ccc(NS(C)(=O)=O)cc2)C2CCCN2C(=O)C2CCCN2)cc1.Cl. The van der Waals surface area contributed by atoms with E-state index in [1.807, 2.05) is 0 Å². The largest absolute Gasteiger partial charge is 0.453 e. The van der Waals surface area contributed by atoms with Gasteiger partial charge in [0.25, 0.3) is 0 Å². The molecule has 2 heterocycles. The smallest absolute Gasteiger partial charge is 0.415 e. The fourth-order valence-corrected chi connectivity index (χ4v) is 7.77.